The lowest BCUT2D eigenvalue weighted by atomic mass is 10.1. The van der Waals surface area contributed by atoms with Gasteiger partial charge < -0.3 is 0 Å². The van der Waals surface area contributed by atoms with Gasteiger partial charge in [0, 0.05) is 0 Å². The quantitative estimate of drug-likeness (QED) is 0.559. The van der Waals surface area contributed by atoms with Crippen molar-refractivity contribution in [2.45, 2.75) is 45.4 Å². The van der Waals surface area contributed by atoms with Crippen molar-refractivity contribution in [2.75, 3.05) is 0 Å². The largest absolute Gasteiger partial charge is 0.0622 e. The van der Waals surface area contributed by atoms with Crippen molar-refractivity contribution >= 4 is 0 Å². The van der Waals surface area contributed by atoms with Gasteiger partial charge in [-0.15, -0.1) is 0 Å². The topological polar surface area (TPSA) is 0 Å². The Kier molecular flexibility index (Phi) is 1.71. The van der Waals surface area contributed by atoms with E-state index in [9.17, 15) is 0 Å². The highest BCUT2D eigenvalue weighted by molar-refractivity contribution is 4.83. The fraction of sp³-hybridized carbons (Fsp3) is 1.00. The number of hydrogen-bond acceptors (Lipinski definition) is 0. The molecule has 2 aliphatic rings. The highest BCUT2D eigenvalue weighted by Gasteiger charge is 2.32. The van der Waals surface area contributed by atoms with Crippen molar-refractivity contribution in [3.8, 4) is 0 Å². The molecule has 0 heterocycles. The minimum Gasteiger partial charge on any atom is -0.0622 e. The molecule has 2 atom stereocenters. The molecule has 0 bridgehead atoms. The summed E-state index contributed by atoms with van der Waals surface area (Å²) in [5.41, 5.74) is 0. The molecule has 0 aliphatic heterocycles. The third kappa shape index (κ3) is 1.74. The van der Waals surface area contributed by atoms with Gasteiger partial charge in [0.2, 0.25) is 0 Å². The standard InChI is InChI=1S/C10H18/c1-8-7-10(8)4-2-3-9-5-6-9/h8-10H,2-7H2,1H3/t8-,10+/m1/s1. The summed E-state index contributed by atoms with van der Waals surface area (Å²) in [6.07, 6.45) is 9.23. The Bertz CT molecular complexity index is 113. The molecular formula is C10H18. The smallest absolute Gasteiger partial charge is 0.0386 e. The van der Waals surface area contributed by atoms with E-state index in [0.717, 1.165) is 17.8 Å². The zero-order valence-corrected chi connectivity index (χ0v) is 6.97. The fourth-order valence-corrected chi connectivity index (χ4v) is 1.88. The molecule has 0 unspecified atom stereocenters. The molecule has 2 rings (SSSR count). The monoisotopic (exact) mass is 138 g/mol. The SMILES string of the molecule is C[C@@H]1C[C@@H]1CCCC1CC1. The average molecular weight is 138 g/mol. The van der Waals surface area contributed by atoms with Gasteiger partial charge in [-0.1, -0.05) is 39.0 Å². The Morgan fingerprint density at radius 2 is 1.90 bits per heavy atom. The van der Waals surface area contributed by atoms with Gasteiger partial charge in [-0.3, -0.25) is 0 Å². The fourth-order valence-electron chi connectivity index (χ4n) is 1.88. The molecule has 0 heteroatoms. The van der Waals surface area contributed by atoms with Crippen molar-refractivity contribution in [3.05, 3.63) is 0 Å². The average Bonchev–Trinajstić information content (AvgIpc) is 2.73. The Morgan fingerprint density at radius 3 is 2.40 bits per heavy atom. The lowest BCUT2D eigenvalue weighted by molar-refractivity contribution is 0.572. The second kappa shape index (κ2) is 2.56. The maximum atomic E-state index is 2.39. The molecule has 2 fully saturated rings. The molecule has 0 N–H and O–H groups in total. The predicted octanol–water partition coefficient (Wildman–Crippen LogP) is 3.22. The zero-order chi connectivity index (χ0) is 6.97. The van der Waals surface area contributed by atoms with Crippen LogP contribution in [0.25, 0.3) is 0 Å². The van der Waals surface area contributed by atoms with Crippen molar-refractivity contribution in [3.63, 3.8) is 0 Å². The van der Waals surface area contributed by atoms with Gasteiger partial charge >= 0.3 is 0 Å². The molecule has 0 saturated heterocycles. The van der Waals surface area contributed by atoms with Crippen LogP contribution in [0.5, 0.6) is 0 Å². The van der Waals surface area contributed by atoms with E-state index in [1.54, 1.807) is 19.3 Å². The third-order valence-electron chi connectivity index (χ3n) is 3.16. The van der Waals surface area contributed by atoms with Crippen LogP contribution in [0, 0.1) is 17.8 Å². The first-order valence-electron chi connectivity index (χ1n) is 4.86. The summed E-state index contributed by atoms with van der Waals surface area (Å²) in [6.45, 7) is 2.39. The molecule has 0 amide bonds. The van der Waals surface area contributed by atoms with E-state index >= 15 is 0 Å². The summed E-state index contributed by atoms with van der Waals surface area (Å²) in [5.74, 6) is 3.38. The predicted molar refractivity (Wildman–Crippen MR) is 43.8 cm³/mol. The molecule has 0 nitrogen and oxygen atoms in total. The van der Waals surface area contributed by atoms with Crippen LogP contribution in [0.4, 0.5) is 0 Å². The normalized spacial score (nSPS) is 38.1. The Labute approximate surface area is 64.0 Å². The zero-order valence-electron chi connectivity index (χ0n) is 6.97. The van der Waals surface area contributed by atoms with E-state index < -0.39 is 0 Å². The molecule has 0 radical (unpaired) electrons. The third-order valence-corrected chi connectivity index (χ3v) is 3.16. The van der Waals surface area contributed by atoms with Gasteiger partial charge in [-0.2, -0.15) is 0 Å². The van der Waals surface area contributed by atoms with Gasteiger partial charge in [-0.25, -0.2) is 0 Å². The van der Waals surface area contributed by atoms with Gasteiger partial charge in [0.1, 0.15) is 0 Å². The van der Waals surface area contributed by atoms with Gasteiger partial charge in [0.25, 0.3) is 0 Å². The summed E-state index contributed by atoms with van der Waals surface area (Å²) in [7, 11) is 0. The van der Waals surface area contributed by atoms with E-state index in [0.29, 0.717) is 0 Å². The first-order valence-corrected chi connectivity index (χ1v) is 4.86. The second-order valence-electron chi connectivity index (χ2n) is 4.35. The summed E-state index contributed by atoms with van der Waals surface area (Å²) < 4.78 is 0. The molecule has 2 aliphatic carbocycles. The van der Waals surface area contributed by atoms with E-state index in [4.69, 9.17) is 0 Å². The van der Waals surface area contributed by atoms with Crippen LogP contribution in [0.1, 0.15) is 45.4 Å². The maximum Gasteiger partial charge on any atom is -0.0386 e. The molecule has 2 saturated carbocycles. The Hall–Kier alpha value is 0. The molecule has 0 aromatic rings. The van der Waals surface area contributed by atoms with E-state index in [-0.39, 0.29) is 0 Å². The lowest BCUT2D eigenvalue weighted by Gasteiger charge is -1.95. The van der Waals surface area contributed by atoms with Crippen LogP contribution < -0.4 is 0 Å². The van der Waals surface area contributed by atoms with Crippen LogP contribution in [-0.4, -0.2) is 0 Å². The van der Waals surface area contributed by atoms with Crippen molar-refractivity contribution in [1.29, 1.82) is 0 Å². The highest BCUT2D eigenvalue weighted by Crippen LogP contribution is 2.43. The van der Waals surface area contributed by atoms with Crippen LogP contribution >= 0.6 is 0 Å². The number of hydrogen-bond donors (Lipinski definition) is 0. The Morgan fingerprint density at radius 1 is 1.20 bits per heavy atom. The molecular weight excluding hydrogens is 120 g/mol. The summed E-state index contributed by atoms with van der Waals surface area (Å²) in [4.78, 5) is 0. The maximum absolute atomic E-state index is 2.39. The Balaban J connectivity index is 1.48. The molecule has 0 spiro atoms. The van der Waals surface area contributed by atoms with E-state index in [2.05, 4.69) is 6.92 Å². The number of rotatable bonds is 4. The van der Waals surface area contributed by atoms with Crippen molar-refractivity contribution in [1.82, 2.24) is 0 Å². The minimum atomic E-state index is 1.08. The summed E-state index contributed by atoms with van der Waals surface area (Å²) >= 11 is 0. The second-order valence-corrected chi connectivity index (χ2v) is 4.35. The summed E-state index contributed by atoms with van der Waals surface area (Å²) in [6, 6.07) is 0. The van der Waals surface area contributed by atoms with E-state index in [1.165, 1.54) is 19.3 Å². The van der Waals surface area contributed by atoms with Crippen LogP contribution in [0.3, 0.4) is 0 Å². The highest BCUT2D eigenvalue weighted by atomic mass is 14.4. The van der Waals surface area contributed by atoms with Crippen molar-refractivity contribution in [2.24, 2.45) is 17.8 Å². The molecule has 0 aromatic heterocycles. The molecule has 10 heavy (non-hydrogen) atoms. The first-order chi connectivity index (χ1) is 4.86. The molecule has 58 valence electrons. The first kappa shape index (κ1) is 6.69. The van der Waals surface area contributed by atoms with Gasteiger partial charge in [-0.05, 0) is 24.2 Å². The molecule has 0 aromatic carbocycles. The van der Waals surface area contributed by atoms with E-state index in [1.807, 2.05) is 0 Å². The summed E-state index contributed by atoms with van der Waals surface area (Å²) in [5, 5.41) is 0. The van der Waals surface area contributed by atoms with Crippen LogP contribution in [0.2, 0.25) is 0 Å². The van der Waals surface area contributed by atoms with Crippen molar-refractivity contribution < 1.29 is 0 Å². The minimum absolute atomic E-state index is 1.08. The van der Waals surface area contributed by atoms with Gasteiger partial charge in [0.15, 0.2) is 0 Å². The van der Waals surface area contributed by atoms with Crippen LogP contribution in [-0.2, 0) is 0 Å². The lowest BCUT2D eigenvalue weighted by Crippen LogP contribution is -1.82. The van der Waals surface area contributed by atoms with Crippen LogP contribution in [0.15, 0.2) is 0 Å². The van der Waals surface area contributed by atoms with Gasteiger partial charge in [0.05, 0.1) is 0 Å².